The van der Waals surface area contributed by atoms with Gasteiger partial charge in [-0.25, -0.2) is 0 Å². The SMILES string of the molecule is COc1cccc(CCCNC(=O)c2ccc3c(c2)N(C)C(=O)c2ccccc2S3)c1. The molecule has 1 heterocycles. The first-order chi connectivity index (χ1) is 15.1. The van der Waals surface area contributed by atoms with Crippen molar-refractivity contribution < 1.29 is 14.3 Å². The topological polar surface area (TPSA) is 58.6 Å². The van der Waals surface area contributed by atoms with Gasteiger partial charge in [0.1, 0.15) is 5.75 Å². The summed E-state index contributed by atoms with van der Waals surface area (Å²) in [6, 6.07) is 21.1. The molecule has 2 amide bonds. The lowest BCUT2D eigenvalue weighted by atomic mass is 10.1. The number of benzene rings is 3. The van der Waals surface area contributed by atoms with E-state index in [1.165, 1.54) is 5.56 Å². The van der Waals surface area contributed by atoms with E-state index in [-0.39, 0.29) is 11.8 Å². The van der Waals surface area contributed by atoms with E-state index in [0.29, 0.717) is 17.7 Å². The Balaban J connectivity index is 1.41. The lowest BCUT2D eigenvalue weighted by Crippen LogP contribution is -2.27. The zero-order valence-corrected chi connectivity index (χ0v) is 18.4. The fourth-order valence-corrected chi connectivity index (χ4v) is 4.66. The number of nitrogens with zero attached hydrogens (tertiary/aromatic N) is 1. The van der Waals surface area contributed by atoms with Gasteiger partial charge in [-0.15, -0.1) is 0 Å². The third kappa shape index (κ3) is 4.59. The largest absolute Gasteiger partial charge is 0.497 e. The van der Waals surface area contributed by atoms with Crippen molar-refractivity contribution in [1.29, 1.82) is 0 Å². The highest BCUT2D eigenvalue weighted by atomic mass is 32.2. The Morgan fingerprint density at radius 2 is 1.87 bits per heavy atom. The number of hydrogen-bond acceptors (Lipinski definition) is 4. The molecule has 0 aromatic heterocycles. The van der Waals surface area contributed by atoms with Crippen molar-refractivity contribution in [2.45, 2.75) is 22.6 Å². The second-order valence-corrected chi connectivity index (χ2v) is 8.44. The van der Waals surface area contributed by atoms with E-state index in [9.17, 15) is 9.59 Å². The van der Waals surface area contributed by atoms with Gasteiger partial charge in [0.15, 0.2) is 0 Å². The van der Waals surface area contributed by atoms with Crippen LogP contribution in [0.3, 0.4) is 0 Å². The van der Waals surface area contributed by atoms with Gasteiger partial charge in [-0.05, 0) is 60.9 Å². The van der Waals surface area contributed by atoms with Gasteiger partial charge >= 0.3 is 0 Å². The maximum absolute atomic E-state index is 12.9. The van der Waals surface area contributed by atoms with Crippen molar-refractivity contribution in [3.63, 3.8) is 0 Å². The van der Waals surface area contributed by atoms with Gasteiger partial charge in [0.25, 0.3) is 11.8 Å². The molecule has 1 N–H and O–H groups in total. The lowest BCUT2D eigenvalue weighted by Gasteiger charge is -2.18. The van der Waals surface area contributed by atoms with Crippen LogP contribution in [0.15, 0.2) is 76.5 Å². The lowest BCUT2D eigenvalue weighted by molar-refractivity contribution is 0.0950. The van der Waals surface area contributed by atoms with Crippen LogP contribution in [0.2, 0.25) is 0 Å². The normalized spacial score (nSPS) is 12.6. The van der Waals surface area contributed by atoms with Gasteiger partial charge in [-0.2, -0.15) is 0 Å². The molecule has 4 rings (SSSR count). The molecule has 1 aliphatic rings. The molecule has 0 saturated carbocycles. The number of anilines is 1. The summed E-state index contributed by atoms with van der Waals surface area (Å²) in [5, 5.41) is 2.98. The summed E-state index contributed by atoms with van der Waals surface area (Å²) in [4.78, 5) is 29.1. The van der Waals surface area contributed by atoms with Crippen LogP contribution >= 0.6 is 11.8 Å². The molecular weight excluding hydrogens is 408 g/mol. The van der Waals surface area contributed by atoms with Crippen molar-refractivity contribution in [3.8, 4) is 5.75 Å². The molecule has 0 radical (unpaired) electrons. The molecule has 6 heteroatoms. The zero-order chi connectivity index (χ0) is 21.8. The average Bonchev–Trinajstić information content (AvgIpc) is 2.91. The Morgan fingerprint density at radius 1 is 1.03 bits per heavy atom. The smallest absolute Gasteiger partial charge is 0.259 e. The molecule has 5 nitrogen and oxygen atoms in total. The maximum Gasteiger partial charge on any atom is 0.259 e. The minimum atomic E-state index is -0.138. The highest BCUT2D eigenvalue weighted by molar-refractivity contribution is 7.99. The van der Waals surface area contributed by atoms with Gasteiger partial charge in [-0.1, -0.05) is 36.0 Å². The van der Waals surface area contributed by atoms with E-state index in [2.05, 4.69) is 11.4 Å². The number of aryl methyl sites for hydroxylation is 1. The van der Waals surface area contributed by atoms with Crippen molar-refractivity contribution in [3.05, 3.63) is 83.4 Å². The minimum absolute atomic E-state index is 0.0716. The Morgan fingerprint density at radius 3 is 2.71 bits per heavy atom. The van der Waals surface area contributed by atoms with Gasteiger partial charge in [0.2, 0.25) is 0 Å². The minimum Gasteiger partial charge on any atom is -0.497 e. The van der Waals surface area contributed by atoms with Crippen LogP contribution in [0.1, 0.15) is 32.7 Å². The summed E-state index contributed by atoms with van der Waals surface area (Å²) in [7, 11) is 3.40. The first-order valence-electron chi connectivity index (χ1n) is 10.2. The molecule has 0 spiro atoms. The average molecular weight is 433 g/mol. The predicted octanol–water partition coefficient (Wildman–Crippen LogP) is 4.80. The third-order valence-corrected chi connectivity index (χ3v) is 6.43. The summed E-state index contributed by atoms with van der Waals surface area (Å²) in [5.74, 6) is 0.629. The first kappa shape index (κ1) is 21.0. The number of methoxy groups -OCH3 is 1. The summed E-state index contributed by atoms with van der Waals surface area (Å²) in [6.45, 7) is 0.572. The second kappa shape index (κ2) is 9.27. The van der Waals surface area contributed by atoms with Crippen molar-refractivity contribution in [1.82, 2.24) is 5.32 Å². The molecule has 0 bridgehead atoms. The number of hydrogen-bond donors (Lipinski definition) is 1. The summed E-state index contributed by atoms with van der Waals surface area (Å²) >= 11 is 1.55. The number of amides is 2. The fraction of sp³-hybridized carbons (Fsp3) is 0.200. The molecule has 1 aliphatic heterocycles. The number of ether oxygens (including phenoxy) is 1. The fourth-order valence-electron chi connectivity index (χ4n) is 3.57. The third-order valence-electron chi connectivity index (χ3n) is 5.29. The monoisotopic (exact) mass is 432 g/mol. The highest BCUT2D eigenvalue weighted by Crippen LogP contribution is 2.41. The molecule has 0 unspecified atom stereocenters. The second-order valence-electron chi connectivity index (χ2n) is 7.36. The quantitative estimate of drug-likeness (QED) is 0.569. The van der Waals surface area contributed by atoms with Gasteiger partial charge in [0, 0.05) is 28.9 Å². The molecule has 0 aliphatic carbocycles. The maximum atomic E-state index is 12.9. The Labute approximate surface area is 186 Å². The molecule has 3 aromatic carbocycles. The number of fused-ring (bicyclic) bond motifs is 2. The van der Waals surface area contributed by atoms with E-state index in [0.717, 1.165) is 34.1 Å². The highest BCUT2D eigenvalue weighted by Gasteiger charge is 2.25. The molecule has 158 valence electrons. The van der Waals surface area contributed by atoms with Crippen molar-refractivity contribution in [2.75, 3.05) is 25.6 Å². The standard InChI is InChI=1S/C25H24N2O3S/c1-27-21-16-18(12-13-23(21)31-22-11-4-3-10-20(22)25(27)29)24(28)26-14-6-8-17-7-5-9-19(15-17)30-2/h3-5,7,9-13,15-16H,6,8,14H2,1-2H3,(H,26,28). The number of carbonyl (C=O) groups is 2. The Kier molecular flexibility index (Phi) is 6.28. The van der Waals surface area contributed by atoms with E-state index < -0.39 is 0 Å². The Hall–Kier alpha value is -3.25. The summed E-state index contributed by atoms with van der Waals surface area (Å²) in [6.07, 6.45) is 1.68. The van der Waals surface area contributed by atoms with E-state index in [1.54, 1.807) is 36.9 Å². The van der Waals surface area contributed by atoms with Crippen molar-refractivity contribution in [2.24, 2.45) is 0 Å². The van der Waals surface area contributed by atoms with Crippen LogP contribution in [0.4, 0.5) is 5.69 Å². The number of rotatable bonds is 6. The first-order valence-corrected chi connectivity index (χ1v) is 11.0. The van der Waals surface area contributed by atoms with E-state index in [1.807, 2.05) is 54.6 Å². The molecule has 0 fully saturated rings. The van der Waals surface area contributed by atoms with Gasteiger partial charge in [0.05, 0.1) is 18.4 Å². The summed E-state index contributed by atoms with van der Waals surface area (Å²) in [5.41, 5.74) is 3.15. The predicted molar refractivity (Wildman–Crippen MR) is 123 cm³/mol. The van der Waals surface area contributed by atoms with Crippen LogP contribution in [0.25, 0.3) is 0 Å². The molecular formula is C25H24N2O3S. The van der Waals surface area contributed by atoms with E-state index >= 15 is 0 Å². The van der Waals surface area contributed by atoms with Crippen LogP contribution in [0, 0.1) is 0 Å². The van der Waals surface area contributed by atoms with E-state index in [4.69, 9.17) is 4.74 Å². The molecule has 31 heavy (non-hydrogen) atoms. The van der Waals surface area contributed by atoms with Crippen LogP contribution in [0.5, 0.6) is 5.75 Å². The Bertz CT molecular complexity index is 1130. The molecule has 0 saturated heterocycles. The van der Waals surface area contributed by atoms with Gasteiger partial charge in [-0.3, -0.25) is 9.59 Å². The van der Waals surface area contributed by atoms with Crippen LogP contribution in [-0.2, 0) is 6.42 Å². The number of carbonyl (C=O) groups excluding carboxylic acids is 2. The summed E-state index contributed by atoms with van der Waals surface area (Å²) < 4.78 is 5.25. The van der Waals surface area contributed by atoms with Crippen LogP contribution < -0.4 is 15.0 Å². The van der Waals surface area contributed by atoms with Crippen LogP contribution in [-0.4, -0.2) is 32.5 Å². The zero-order valence-electron chi connectivity index (χ0n) is 17.6. The van der Waals surface area contributed by atoms with Gasteiger partial charge < -0.3 is 15.0 Å². The molecule has 0 atom stereocenters. The molecule has 3 aromatic rings. The number of nitrogens with one attached hydrogen (secondary N) is 1. The van der Waals surface area contributed by atoms with Crippen molar-refractivity contribution >= 4 is 29.3 Å².